The van der Waals surface area contributed by atoms with Gasteiger partial charge in [-0.1, -0.05) is 55.1 Å². The van der Waals surface area contributed by atoms with Gasteiger partial charge in [-0.05, 0) is 48.1 Å². The molecule has 0 aromatic heterocycles. The van der Waals surface area contributed by atoms with Crippen molar-refractivity contribution in [3.63, 3.8) is 0 Å². The quantitative estimate of drug-likeness (QED) is 0.732. The summed E-state index contributed by atoms with van der Waals surface area (Å²) < 4.78 is 0. The second-order valence-electron chi connectivity index (χ2n) is 6.43. The van der Waals surface area contributed by atoms with E-state index < -0.39 is 5.97 Å². The molecule has 3 nitrogen and oxygen atoms in total. The summed E-state index contributed by atoms with van der Waals surface area (Å²) in [5, 5.41) is 12.7. The highest BCUT2D eigenvalue weighted by Gasteiger charge is 2.15. The normalized spacial score (nSPS) is 15.2. The lowest BCUT2D eigenvalue weighted by molar-refractivity contribution is 0.0697. The van der Waals surface area contributed by atoms with Crippen LogP contribution in [0.3, 0.4) is 0 Å². The van der Waals surface area contributed by atoms with Crippen LogP contribution in [0, 0.1) is 0 Å². The maximum Gasteiger partial charge on any atom is 0.335 e. The van der Waals surface area contributed by atoms with Gasteiger partial charge >= 0.3 is 5.97 Å². The molecule has 0 spiro atoms. The van der Waals surface area contributed by atoms with Crippen LogP contribution in [0.1, 0.15) is 59.5 Å². The molecule has 0 unspecified atom stereocenters. The van der Waals surface area contributed by atoms with E-state index in [4.69, 9.17) is 16.7 Å². The summed E-state index contributed by atoms with van der Waals surface area (Å²) in [5.74, 6) is -0.250. The highest BCUT2D eigenvalue weighted by molar-refractivity contribution is 6.33. The molecule has 0 aliphatic heterocycles. The summed E-state index contributed by atoms with van der Waals surface area (Å²) in [6.07, 6.45) is 6.68. The van der Waals surface area contributed by atoms with Gasteiger partial charge in [0.1, 0.15) is 0 Å². The Morgan fingerprint density at radius 1 is 1.08 bits per heavy atom. The van der Waals surface area contributed by atoms with Crippen molar-refractivity contribution in [1.82, 2.24) is 0 Å². The summed E-state index contributed by atoms with van der Waals surface area (Å²) >= 11 is 6.14. The van der Waals surface area contributed by atoms with Crippen LogP contribution in [-0.2, 0) is 6.54 Å². The number of carboxylic acid groups (broad SMARTS) is 1. The number of aromatic carboxylic acids is 1. The fourth-order valence-electron chi connectivity index (χ4n) is 3.33. The number of rotatable bonds is 5. The first-order valence-electron chi connectivity index (χ1n) is 8.49. The largest absolute Gasteiger partial charge is 0.478 e. The van der Waals surface area contributed by atoms with Crippen molar-refractivity contribution in [1.29, 1.82) is 0 Å². The number of carboxylic acids is 1. The Labute approximate surface area is 147 Å². The zero-order chi connectivity index (χ0) is 16.9. The standard InChI is InChI=1S/C20H22ClNO2/c21-18-12-17(20(23)24)10-11-19(18)22-13-14-6-8-16(9-7-14)15-4-2-1-3-5-15/h6-12,15,22H,1-5,13H2,(H,23,24). The highest BCUT2D eigenvalue weighted by atomic mass is 35.5. The third-order valence-electron chi connectivity index (χ3n) is 4.76. The fourth-order valence-corrected chi connectivity index (χ4v) is 3.58. The molecule has 1 fully saturated rings. The van der Waals surface area contributed by atoms with Crippen molar-refractivity contribution in [2.45, 2.75) is 44.6 Å². The van der Waals surface area contributed by atoms with E-state index >= 15 is 0 Å². The van der Waals surface area contributed by atoms with Gasteiger partial charge in [-0.2, -0.15) is 0 Å². The van der Waals surface area contributed by atoms with Gasteiger partial charge in [0, 0.05) is 6.54 Å². The van der Waals surface area contributed by atoms with Crippen molar-refractivity contribution < 1.29 is 9.90 Å². The average Bonchev–Trinajstić information content (AvgIpc) is 2.62. The van der Waals surface area contributed by atoms with E-state index in [1.54, 1.807) is 12.1 Å². The topological polar surface area (TPSA) is 49.3 Å². The lowest BCUT2D eigenvalue weighted by atomic mass is 9.84. The number of hydrogen-bond acceptors (Lipinski definition) is 2. The monoisotopic (exact) mass is 343 g/mol. The lowest BCUT2D eigenvalue weighted by Crippen LogP contribution is -2.05. The molecule has 1 aliphatic rings. The van der Waals surface area contributed by atoms with Crippen molar-refractivity contribution >= 4 is 23.3 Å². The number of nitrogens with one attached hydrogen (secondary N) is 1. The minimum atomic E-state index is -0.971. The van der Waals surface area contributed by atoms with Gasteiger partial charge < -0.3 is 10.4 Å². The van der Waals surface area contributed by atoms with Gasteiger partial charge in [-0.3, -0.25) is 0 Å². The first kappa shape index (κ1) is 16.8. The molecular weight excluding hydrogens is 322 g/mol. The third kappa shape index (κ3) is 4.09. The Bertz CT molecular complexity index is 706. The molecule has 0 radical (unpaired) electrons. The van der Waals surface area contributed by atoms with Crippen LogP contribution in [-0.4, -0.2) is 11.1 Å². The second kappa shape index (κ2) is 7.71. The van der Waals surface area contributed by atoms with Crippen molar-refractivity contribution in [3.8, 4) is 0 Å². The molecule has 24 heavy (non-hydrogen) atoms. The molecule has 0 atom stereocenters. The van der Waals surface area contributed by atoms with Crippen molar-refractivity contribution in [2.24, 2.45) is 0 Å². The van der Waals surface area contributed by atoms with Crippen molar-refractivity contribution in [2.75, 3.05) is 5.32 Å². The first-order chi connectivity index (χ1) is 11.6. The number of carbonyl (C=O) groups is 1. The molecule has 0 heterocycles. The number of benzene rings is 2. The molecule has 2 aromatic rings. The maximum absolute atomic E-state index is 10.9. The summed E-state index contributed by atoms with van der Waals surface area (Å²) in [6.45, 7) is 0.664. The summed E-state index contributed by atoms with van der Waals surface area (Å²) in [4.78, 5) is 10.9. The number of anilines is 1. The summed E-state index contributed by atoms with van der Waals surface area (Å²) in [6, 6.07) is 13.5. The summed E-state index contributed by atoms with van der Waals surface area (Å²) in [5.41, 5.74) is 3.58. The molecule has 2 aromatic carbocycles. The van der Waals surface area contributed by atoms with Crippen LogP contribution in [0.2, 0.25) is 5.02 Å². The maximum atomic E-state index is 10.9. The molecular formula is C20H22ClNO2. The molecule has 0 saturated heterocycles. The first-order valence-corrected chi connectivity index (χ1v) is 8.87. The van der Waals surface area contributed by atoms with E-state index in [1.165, 1.54) is 49.3 Å². The van der Waals surface area contributed by atoms with Crippen LogP contribution in [0.4, 0.5) is 5.69 Å². The second-order valence-corrected chi connectivity index (χ2v) is 6.84. The minimum absolute atomic E-state index is 0.197. The van der Waals surface area contributed by atoms with E-state index in [-0.39, 0.29) is 5.56 Å². The molecule has 0 bridgehead atoms. The van der Waals surface area contributed by atoms with Crippen LogP contribution in [0.15, 0.2) is 42.5 Å². The number of hydrogen-bond donors (Lipinski definition) is 2. The fraction of sp³-hybridized carbons (Fsp3) is 0.350. The van der Waals surface area contributed by atoms with Gasteiger partial charge in [0.25, 0.3) is 0 Å². The minimum Gasteiger partial charge on any atom is -0.478 e. The molecule has 0 amide bonds. The SMILES string of the molecule is O=C(O)c1ccc(NCc2ccc(C3CCCCC3)cc2)c(Cl)c1. The van der Waals surface area contributed by atoms with Crippen LogP contribution < -0.4 is 5.32 Å². The molecule has 126 valence electrons. The van der Waals surface area contributed by atoms with E-state index in [0.29, 0.717) is 11.6 Å². The predicted molar refractivity (Wildman–Crippen MR) is 98.0 cm³/mol. The Morgan fingerprint density at radius 2 is 1.79 bits per heavy atom. The van der Waals surface area contributed by atoms with E-state index in [1.807, 2.05) is 0 Å². The summed E-state index contributed by atoms with van der Waals surface area (Å²) in [7, 11) is 0. The predicted octanol–water partition coefficient (Wildman–Crippen LogP) is 5.70. The van der Waals surface area contributed by atoms with Gasteiger partial charge in [0.05, 0.1) is 16.3 Å². The van der Waals surface area contributed by atoms with Gasteiger partial charge in [0.15, 0.2) is 0 Å². The number of halogens is 1. The lowest BCUT2D eigenvalue weighted by Gasteiger charge is -2.22. The Morgan fingerprint density at radius 3 is 2.42 bits per heavy atom. The molecule has 2 N–H and O–H groups in total. The average molecular weight is 344 g/mol. The highest BCUT2D eigenvalue weighted by Crippen LogP contribution is 2.32. The van der Waals surface area contributed by atoms with Gasteiger partial charge in [-0.25, -0.2) is 4.79 Å². The van der Waals surface area contributed by atoms with E-state index in [9.17, 15) is 4.79 Å². The van der Waals surface area contributed by atoms with E-state index in [0.717, 1.165) is 11.6 Å². The zero-order valence-electron chi connectivity index (χ0n) is 13.6. The Hall–Kier alpha value is -2.00. The van der Waals surface area contributed by atoms with Crippen LogP contribution in [0.25, 0.3) is 0 Å². The molecule has 4 heteroatoms. The Balaban J connectivity index is 1.61. The Kier molecular flexibility index (Phi) is 5.41. The van der Waals surface area contributed by atoms with Crippen LogP contribution >= 0.6 is 11.6 Å². The van der Waals surface area contributed by atoms with Crippen molar-refractivity contribution in [3.05, 3.63) is 64.2 Å². The molecule has 1 saturated carbocycles. The molecule has 1 aliphatic carbocycles. The van der Waals surface area contributed by atoms with Gasteiger partial charge in [0.2, 0.25) is 0 Å². The molecule has 3 rings (SSSR count). The van der Waals surface area contributed by atoms with Gasteiger partial charge in [-0.15, -0.1) is 0 Å². The third-order valence-corrected chi connectivity index (χ3v) is 5.07. The zero-order valence-corrected chi connectivity index (χ0v) is 14.4. The van der Waals surface area contributed by atoms with Crippen LogP contribution in [0.5, 0.6) is 0 Å². The van der Waals surface area contributed by atoms with E-state index in [2.05, 4.69) is 29.6 Å². The smallest absolute Gasteiger partial charge is 0.335 e.